The van der Waals surface area contributed by atoms with E-state index in [1.165, 1.54) is 21.9 Å². The third-order valence-electron chi connectivity index (χ3n) is 4.72. The molecular formula is C25H23N3O2S. The first-order chi connectivity index (χ1) is 15.0. The number of fused-ring (bicyclic) bond motifs is 1. The molecule has 0 radical (unpaired) electrons. The summed E-state index contributed by atoms with van der Waals surface area (Å²) in [6, 6.07) is 21.1. The van der Waals surface area contributed by atoms with Crippen LogP contribution in [0.25, 0.3) is 10.2 Å². The summed E-state index contributed by atoms with van der Waals surface area (Å²) >= 11 is 1.45. The first kappa shape index (κ1) is 20.8. The van der Waals surface area contributed by atoms with Crippen LogP contribution < -0.4 is 9.75 Å². The minimum Gasteiger partial charge on any atom is -0.494 e. The summed E-state index contributed by atoms with van der Waals surface area (Å²) in [6.07, 6.45) is 1.68. The van der Waals surface area contributed by atoms with Gasteiger partial charge in [0.25, 0.3) is 5.91 Å². The minimum absolute atomic E-state index is 0.248. The SMILES string of the molecule is CCOc1ccc(C(=O)N(/N=C/c2ccc(C)cc2)c2nc3ccc(C)cc3s2)cc1. The number of hydrazone groups is 1. The predicted molar refractivity (Wildman–Crippen MR) is 128 cm³/mol. The van der Waals surface area contributed by atoms with Crippen LogP contribution in [-0.4, -0.2) is 23.7 Å². The number of rotatable bonds is 6. The lowest BCUT2D eigenvalue weighted by Gasteiger charge is -2.14. The lowest BCUT2D eigenvalue weighted by molar-refractivity contribution is 0.0988. The predicted octanol–water partition coefficient (Wildman–Crippen LogP) is 5.99. The largest absolute Gasteiger partial charge is 0.494 e. The van der Waals surface area contributed by atoms with Gasteiger partial charge in [-0.3, -0.25) is 4.79 Å². The van der Waals surface area contributed by atoms with Gasteiger partial charge in [-0.15, -0.1) is 0 Å². The Bertz CT molecular complexity index is 1230. The number of aryl methyl sites for hydroxylation is 2. The second-order valence-electron chi connectivity index (χ2n) is 7.20. The van der Waals surface area contributed by atoms with E-state index in [9.17, 15) is 4.79 Å². The normalized spacial score (nSPS) is 11.2. The molecule has 3 aromatic carbocycles. The number of ether oxygens (including phenoxy) is 1. The molecule has 0 spiro atoms. The number of carbonyl (C=O) groups is 1. The third kappa shape index (κ3) is 4.81. The van der Waals surface area contributed by atoms with Crippen molar-refractivity contribution in [2.24, 2.45) is 5.10 Å². The third-order valence-corrected chi connectivity index (χ3v) is 5.71. The molecule has 1 aromatic heterocycles. The summed E-state index contributed by atoms with van der Waals surface area (Å²) < 4.78 is 6.51. The van der Waals surface area contributed by atoms with Crippen molar-refractivity contribution in [1.82, 2.24) is 4.98 Å². The summed E-state index contributed by atoms with van der Waals surface area (Å²) in [5, 5.41) is 6.42. The van der Waals surface area contributed by atoms with Gasteiger partial charge in [0.15, 0.2) is 0 Å². The average molecular weight is 430 g/mol. The fourth-order valence-corrected chi connectivity index (χ4v) is 4.08. The molecule has 0 atom stereocenters. The Hall–Kier alpha value is -3.51. The number of aromatic nitrogens is 1. The maximum atomic E-state index is 13.4. The highest BCUT2D eigenvalue weighted by Gasteiger charge is 2.21. The van der Waals surface area contributed by atoms with Crippen LogP contribution in [0.1, 0.15) is 34.0 Å². The monoisotopic (exact) mass is 429 g/mol. The second-order valence-corrected chi connectivity index (χ2v) is 8.21. The molecule has 0 unspecified atom stereocenters. The number of amides is 1. The molecule has 5 nitrogen and oxygen atoms in total. The maximum absolute atomic E-state index is 13.4. The molecule has 0 aliphatic rings. The van der Waals surface area contributed by atoms with Gasteiger partial charge < -0.3 is 4.74 Å². The van der Waals surface area contributed by atoms with Crippen molar-refractivity contribution in [1.29, 1.82) is 0 Å². The van der Waals surface area contributed by atoms with E-state index >= 15 is 0 Å². The highest BCUT2D eigenvalue weighted by Crippen LogP contribution is 2.31. The summed E-state index contributed by atoms with van der Waals surface area (Å²) in [4.78, 5) is 18.0. The number of hydrogen-bond acceptors (Lipinski definition) is 5. The first-order valence-electron chi connectivity index (χ1n) is 10.1. The Morgan fingerprint density at radius 1 is 1.03 bits per heavy atom. The van der Waals surface area contributed by atoms with Crippen molar-refractivity contribution in [2.45, 2.75) is 20.8 Å². The van der Waals surface area contributed by atoms with Crippen molar-refractivity contribution < 1.29 is 9.53 Å². The standard InChI is InChI=1S/C25H23N3O2S/c1-4-30-21-12-10-20(11-13-21)24(29)28(26-16-19-8-5-17(2)6-9-19)25-27-22-14-7-18(3)15-23(22)31-25/h5-16H,4H2,1-3H3/b26-16+. The van der Waals surface area contributed by atoms with Crippen molar-refractivity contribution >= 4 is 38.8 Å². The van der Waals surface area contributed by atoms with Gasteiger partial charge in [0.2, 0.25) is 5.13 Å². The van der Waals surface area contributed by atoms with Gasteiger partial charge in [-0.1, -0.05) is 47.2 Å². The van der Waals surface area contributed by atoms with Gasteiger partial charge in [-0.25, -0.2) is 4.98 Å². The van der Waals surface area contributed by atoms with E-state index < -0.39 is 0 Å². The number of thiazole rings is 1. The van der Waals surface area contributed by atoms with Crippen molar-refractivity contribution in [3.63, 3.8) is 0 Å². The molecule has 0 N–H and O–H groups in total. The van der Waals surface area contributed by atoms with Crippen molar-refractivity contribution in [2.75, 3.05) is 11.6 Å². The molecule has 4 rings (SSSR count). The maximum Gasteiger partial charge on any atom is 0.280 e. The summed E-state index contributed by atoms with van der Waals surface area (Å²) in [7, 11) is 0. The van der Waals surface area contributed by atoms with Crippen molar-refractivity contribution in [3.05, 3.63) is 89.0 Å². The number of anilines is 1. The molecule has 0 fully saturated rings. The van der Waals surface area contributed by atoms with Gasteiger partial charge >= 0.3 is 0 Å². The zero-order valence-corrected chi connectivity index (χ0v) is 18.5. The van der Waals surface area contributed by atoms with E-state index in [1.807, 2.05) is 57.2 Å². The average Bonchev–Trinajstić information content (AvgIpc) is 3.18. The fraction of sp³-hybridized carbons (Fsp3) is 0.160. The van der Waals surface area contributed by atoms with Crippen LogP contribution in [0.4, 0.5) is 5.13 Å². The Balaban J connectivity index is 1.71. The number of benzene rings is 3. The lowest BCUT2D eigenvalue weighted by atomic mass is 10.2. The van der Waals surface area contributed by atoms with Crippen LogP contribution in [0.15, 0.2) is 71.8 Å². The first-order valence-corrected chi connectivity index (χ1v) is 10.9. The van der Waals surface area contributed by atoms with Crippen LogP contribution in [-0.2, 0) is 0 Å². The number of hydrogen-bond donors (Lipinski definition) is 0. The number of nitrogens with zero attached hydrogens (tertiary/aromatic N) is 3. The molecule has 0 aliphatic heterocycles. The zero-order valence-electron chi connectivity index (χ0n) is 17.7. The molecule has 0 aliphatic carbocycles. The molecular weight excluding hydrogens is 406 g/mol. The highest BCUT2D eigenvalue weighted by molar-refractivity contribution is 7.22. The Labute approximate surface area is 185 Å². The molecule has 1 amide bonds. The fourth-order valence-electron chi connectivity index (χ4n) is 3.06. The molecule has 1 heterocycles. The minimum atomic E-state index is -0.248. The Kier molecular flexibility index (Phi) is 6.09. The van der Waals surface area contributed by atoms with Gasteiger partial charge in [0.05, 0.1) is 23.0 Å². The lowest BCUT2D eigenvalue weighted by Crippen LogP contribution is -2.25. The zero-order chi connectivity index (χ0) is 21.8. The van der Waals surface area contributed by atoms with E-state index in [0.717, 1.165) is 27.1 Å². The molecule has 6 heteroatoms. The van der Waals surface area contributed by atoms with Gasteiger partial charge in [-0.05, 0) is 68.3 Å². The van der Waals surface area contributed by atoms with Gasteiger partial charge in [0.1, 0.15) is 5.75 Å². The van der Waals surface area contributed by atoms with Crippen LogP contribution in [0, 0.1) is 13.8 Å². The Morgan fingerprint density at radius 2 is 1.74 bits per heavy atom. The van der Waals surface area contributed by atoms with Crippen molar-refractivity contribution in [3.8, 4) is 5.75 Å². The quantitative estimate of drug-likeness (QED) is 0.279. The summed E-state index contributed by atoms with van der Waals surface area (Å²) in [6.45, 7) is 6.57. The molecule has 31 heavy (non-hydrogen) atoms. The van der Waals surface area contributed by atoms with Gasteiger partial charge in [-0.2, -0.15) is 10.1 Å². The molecule has 156 valence electrons. The highest BCUT2D eigenvalue weighted by atomic mass is 32.1. The Morgan fingerprint density at radius 3 is 2.45 bits per heavy atom. The van der Waals surface area contributed by atoms with Crippen LogP contribution >= 0.6 is 11.3 Å². The second kappa shape index (κ2) is 9.10. The number of carbonyl (C=O) groups excluding carboxylic acids is 1. The molecule has 0 saturated carbocycles. The van der Waals surface area contributed by atoms with Crippen LogP contribution in [0.5, 0.6) is 5.75 Å². The van der Waals surface area contributed by atoms with E-state index in [-0.39, 0.29) is 5.91 Å². The van der Waals surface area contributed by atoms with Crippen LogP contribution in [0.2, 0.25) is 0 Å². The van der Waals surface area contributed by atoms with Crippen LogP contribution in [0.3, 0.4) is 0 Å². The van der Waals surface area contributed by atoms with E-state index in [1.54, 1.807) is 30.5 Å². The molecule has 0 bridgehead atoms. The molecule has 0 saturated heterocycles. The van der Waals surface area contributed by atoms with E-state index in [2.05, 4.69) is 16.2 Å². The van der Waals surface area contributed by atoms with E-state index in [0.29, 0.717) is 17.3 Å². The topological polar surface area (TPSA) is 54.8 Å². The summed E-state index contributed by atoms with van der Waals surface area (Å²) in [5.41, 5.74) is 4.59. The molecule has 4 aromatic rings. The summed E-state index contributed by atoms with van der Waals surface area (Å²) in [5.74, 6) is 0.478. The smallest absolute Gasteiger partial charge is 0.280 e. The van der Waals surface area contributed by atoms with Gasteiger partial charge in [0, 0.05) is 5.56 Å². The van der Waals surface area contributed by atoms with E-state index in [4.69, 9.17) is 4.74 Å².